The molecule has 1 amide bonds. The Hall–Kier alpha value is -2.87. The van der Waals surface area contributed by atoms with Gasteiger partial charge in [0.2, 0.25) is 5.90 Å². The molecular formula is C28H28BrClN2O4. The van der Waals surface area contributed by atoms with Crippen LogP contribution in [-0.2, 0) is 22.4 Å². The summed E-state index contributed by atoms with van der Waals surface area (Å²) in [7, 11) is 0. The van der Waals surface area contributed by atoms with Crippen LogP contribution in [0.5, 0.6) is 5.75 Å². The van der Waals surface area contributed by atoms with Crippen LogP contribution in [0.25, 0.3) is 0 Å². The summed E-state index contributed by atoms with van der Waals surface area (Å²) in [4.78, 5) is 18.4. The van der Waals surface area contributed by atoms with E-state index >= 15 is 0 Å². The predicted molar refractivity (Wildman–Crippen MR) is 145 cm³/mol. The zero-order chi connectivity index (χ0) is 25.4. The first-order valence-electron chi connectivity index (χ1n) is 11.8. The van der Waals surface area contributed by atoms with Gasteiger partial charge in [-0.25, -0.2) is 4.99 Å². The normalized spacial score (nSPS) is 16.8. The predicted octanol–water partition coefficient (Wildman–Crippen LogP) is 4.98. The molecule has 6 nitrogen and oxygen atoms in total. The summed E-state index contributed by atoms with van der Waals surface area (Å²) in [5.74, 6) is 0.952. The van der Waals surface area contributed by atoms with Crippen LogP contribution < -0.4 is 10.1 Å². The maximum atomic E-state index is 13.5. The zero-order valence-corrected chi connectivity index (χ0v) is 22.1. The molecule has 36 heavy (non-hydrogen) atoms. The minimum Gasteiger partial charge on any atom is -0.494 e. The highest BCUT2D eigenvalue weighted by Gasteiger charge is 2.44. The van der Waals surface area contributed by atoms with Crippen LogP contribution in [0.3, 0.4) is 0 Å². The number of benzene rings is 3. The van der Waals surface area contributed by atoms with Crippen molar-refractivity contribution in [2.45, 2.75) is 24.8 Å². The molecular weight excluding hydrogens is 544 g/mol. The Labute approximate surface area is 224 Å². The Morgan fingerprint density at radius 1 is 1.11 bits per heavy atom. The SMILES string of the molecule is O=C(NCCc1ccc(Cl)cc1)[C@@]1(Cc2ccccc2Br)COC(c2ccc(OCCCO)cc2)=N1. The molecule has 0 unspecified atom stereocenters. The van der Waals surface area contributed by atoms with Crippen molar-refractivity contribution < 1.29 is 19.4 Å². The Balaban J connectivity index is 1.51. The number of nitrogens with one attached hydrogen (secondary N) is 1. The first-order chi connectivity index (χ1) is 17.5. The summed E-state index contributed by atoms with van der Waals surface area (Å²) in [6.07, 6.45) is 1.65. The Morgan fingerprint density at radius 2 is 1.86 bits per heavy atom. The van der Waals surface area contributed by atoms with Gasteiger partial charge in [0.1, 0.15) is 12.4 Å². The molecule has 0 spiro atoms. The van der Waals surface area contributed by atoms with Crippen molar-refractivity contribution in [1.29, 1.82) is 0 Å². The number of aliphatic hydroxyl groups is 1. The summed E-state index contributed by atoms with van der Waals surface area (Å²) in [5, 5.41) is 12.7. The number of carbonyl (C=O) groups excluding carboxylic acids is 1. The third kappa shape index (κ3) is 6.66. The van der Waals surface area contributed by atoms with Crippen molar-refractivity contribution in [3.8, 4) is 5.75 Å². The molecule has 3 aromatic rings. The van der Waals surface area contributed by atoms with Gasteiger partial charge in [-0.15, -0.1) is 0 Å². The fourth-order valence-electron chi connectivity index (χ4n) is 3.92. The van der Waals surface area contributed by atoms with Gasteiger partial charge in [-0.2, -0.15) is 0 Å². The van der Waals surface area contributed by atoms with E-state index in [-0.39, 0.29) is 19.1 Å². The van der Waals surface area contributed by atoms with Crippen LogP contribution >= 0.6 is 27.5 Å². The average molecular weight is 572 g/mol. The molecule has 1 atom stereocenters. The smallest absolute Gasteiger partial charge is 0.251 e. The van der Waals surface area contributed by atoms with Gasteiger partial charge in [0.25, 0.3) is 5.91 Å². The largest absolute Gasteiger partial charge is 0.494 e. The number of halogens is 2. The molecule has 2 N–H and O–H groups in total. The van der Waals surface area contributed by atoms with Crippen LogP contribution in [0.2, 0.25) is 5.02 Å². The molecule has 8 heteroatoms. The average Bonchev–Trinajstić information content (AvgIpc) is 3.32. The number of aliphatic hydroxyl groups excluding tert-OH is 1. The van der Waals surface area contributed by atoms with Gasteiger partial charge in [-0.3, -0.25) is 4.79 Å². The van der Waals surface area contributed by atoms with E-state index in [1.807, 2.05) is 72.8 Å². The molecule has 3 aromatic carbocycles. The van der Waals surface area contributed by atoms with Crippen LogP contribution in [0.1, 0.15) is 23.1 Å². The number of hydrogen-bond acceptors (Lipinski definition) is 5. The fraction of sp³-hybridized carbons (Fsp3) is 0.286. The molecule has 1 aliphatic rings. The van der Waals surface area contributed by atoms with Crippen molar-refractivity contribution in [2.24, 2.45) is 4.99 Å². The quantitative estimate of drug-likeness (QED) is 0.318. The van der Waals surface area contributed by atoms with Gasteiger partial charge in [-0.05, 0) is 60.0 Å². The highest BCUT2D eigenvalue weighted by Crippen LogP contribution is 2.30. The van der Waals surface area contributed by atoms with E-state index in [2.05, 4.69) is 21.2 Å². The second-order valence-corrected chi connectivity index (χ2v) is 9.88. The number of aliphatic imine (C=N–C) groups is 1. The molecule has 0 aliphatic carbocycles. The van der Waals surface area contributed by atoms with Crippen molar-refractivity contribution in [1.82, 2.24) is 5.32 Å². The second-order valence-electron chi connectivity index (χ2n) is 8.59. The van der Waals surface area contributed by atoms with Gasteiger partial charge in [0.15, 0.2) is 5.54 Å². The monoisotopic (exact) mass is 570 g/mol. The van der Waals surface area contributed by atoms with Crippen LogP contribution in [-0.4, -0.2) is 48.8 Å². The molecule has 0 bridgehead atoms. The van der Waals surface area contributed by atoms with Gasteiger partial charge in [0, 0.05) is 41.1 Å². The van der Waals surface area contributed by atoms with E-state index in [1.54, 1.807) is 0 Å². The third-order valence-electron chi connectivity index (χ3n) is 5.91. The molecule has 1 aliphatic heterocycles. The maximum Gasteiger partial charge on any atom is 0.251 e. The standard InChI is InChI=1S/C28H28BrClN2O4/c29-25-5-2-1-4-22(25)18-28(27(34)31-15-14-20-6-10-23(30)11-7-20)19-36-26(32-28)21-8-12-24(13-9-21)35-17-3-16-33/h1-2,4-13,33H,3,14-19H2,(H,31,34)/t28-/m1/s1. The summed E-state index contributed by atoms with van der Waals surface area (Å²) >= 11 is 9.57. The van der Waals surface area contributed by atoms with E-state index in [4.69, 9.17) is 31.2 Å². The highest BCUT2D eigenvalue weighted by molar-refractivity contribution is 9.10. The number of nitrogens with zero attached hydrogens (tertiary/aromatic N) is 1. The summed E-state index contributed by atoms with van der Waals surface area (Å²) in [6, 6.07) is 22.8. The van der Waals surface area contributed by atoms with Crippen molar-refractivity contribution in [2.75, 3.05) is 26.4 Å². The molecule has 4 rings (SSSR count). The Bertz CT molecular complexity index is 1200. The number of ether oxygens (including phenoxy) is 2. The van der Waals surface area contributed by atoms with E-state index < -0.39 is 5.54 Å². The lowest BCUT2D eigenvalue weighted by Gasteiger charge is -2.24. The number of rotatable bonds is 11. The van der Waals surface area contributed by atoms with E-state index in [9.17, 15) is 4.79 Å². The topological polar surface area (TPSA) is 80.2 Å². The molecule has 188 valence electrons. The fourth-order valence-corrected chi connectivity index (χ4v) is 4.47. The number of amides is 1. The number of hydrogen-bond donors (Lipinski definition) is 2. The lowest BCUT2D eigenvalue weighted by molar-refractivity contribution is -0.126. The molecule has 0 saturated carbocycles. The lowest BCUT2D eigenvalue weighted by Crippen LogP contribution is -2.49. The van der Waals surface area contributed by atoms with E-state index in [1.165, 1.54) is 0 Å². The molecule has 0 radical (unpaired) electrons. The zero-order valence-electron chi connectivity index (χ0n) is 19.8. The maximum absolute atomic E-state index is 13.5. The van der Waals surface area contributed by atoms with Gasteiger partial charge >= 0.3 is 0 Å². The first-order valence-corrected chi connectivity index (χ1v) is 13.0. The molecule has 1 heterocycles. The molecule has 0 saturated heterocycles. The summed E-state index contributed by atoms with van der Waals surface area (Å²) in [5.41, 5.74) is 1.75. The van der Waals surface area contributed by atoms with Crippen LogP contribution in [0, 0.1) is 0 Å². The van der Waals surface area contributed by atoms with E-state index in [0.717, 1.165) is 21.2 Å². The van der Waals surface area contributed by atoms with Crippen molar-refractivity contribution in [3.63, 3.8) is 0 Å². The Kier molecular flexibility index (Phi) is 9.02. The Morgan fingerprint density at radius 3 is 2.58 bits per heavy atom. The highest BCUT2D eigenvalue weighted by atomic mass is 79.9. The second kappa shape index (κ2) is 12.4. The first kappa shape index (κ1) is 26.2. The lowest BCUT2D eigenvalue weighted by atomic mass is 9.91. The third-order valence-corrected chi connectivity index (χ3v) is 6.94. The minimum absolute atomic E-state index is 0.0874. The molecule has 0 aromatic heterocycles. The van der Waals surface area contributed by atoms with Crippen LogP contribution in [0.4, 0.5) is 0 Å². The van der Waals surface area contributed by atoms with Crippen LogP contribution in [0.15, 0.2) is 82.3 Å². The van der Waals surface area contributed by atoms with E-state index in [0.29, 0.717) is 49.1 Å². The summed E-state index contributed by atoms with van der Waals surface area (Å²) in [6.45, 7) is 1.15. The van der Waals surface area contributed by atoms with Gasteiger partial charge in [-0.1, -0.05) is 57.9 Å². The minimum atomic E-state index is -1.09. The van der Waals surface area contributed by atoms with Crippen molar-refractivity contribution >= 4 is 39.3 Å². The summed E-state index contributed by atoms with van der Waals surface area (Å²) < 4.78 is 12.5. The van der Waals surface area contributed by atoms with Gasteiger partial charge < -0.3 is 19.9 Å². The molecule has 0 fully saturated rings. The van der Waals surface area contributed by atoms with Crippen molar-refractivity contribution in [3.05, 3.63) is 99.0 Å². The number of carbonyl (C=O) groups is 1. The van der Waals surface area contributed by atoms with Gasteiger partial charge in [0.05, 0.1) is 6.61 Å².